The van der Waals surface area contributed by atoms with Crippen LogP contribution in [0.25, 0.3) is 0 Å². The molecule has 0 heterocycles. The van der Waals surface area contributed by atoms with Crippen LogP contribution in [0.15, 0.2) is 48.6 Å². The van der Waals surface area contributed by atoms with Gasteiger partial charge in [0.05, 0.1) is 0 Å². The number of carbonyl (C=O) groups excluding carboxylic acids is 3. The van der Waals surface area contributed by atoms with Crippen LogP contribution in [0.4, 0.5) is 0 Å². The zero-order valence-electron chi connectivity index (χ0n) is 42.6. The summed E-state index contributed by atoms with van der Waals surface area (Å²) in [6.07, 6.45) is 63.9. The topological polar surface area (TPSA) is 78.9 Å². The SMILES string of the molecule is CC/C=C\C/C=C\C/C=C\CCCCCCCC(=O)OC(COC(=O)CCCCCCCCCCCC)COC(=O)CCCCCCCCCCC/C=C\CCCCCCCCCC. The molecule has 0 N–H and O–H groups in total. The lowest BCUT2D eigenvalue weighted by molar-refractivity contribution is -0.167. The third kappa shape index (κ3) is 50.4. The van der Waals surface area contributed by atoms with Gasteiger partial charge < -0.3 is 14.2 Å². The minimum Gasteiger partial charge on any atom is -0.462 e. The summed E-state index contributed by atoms with van der Waals surface area (Å²) in [5.41, 5.74) is 0. The molecule has 0 fully saturated rings. The first-order chi connectivity index (χ1) is 31.5. The lowest BCUT2D eigenvalue weighted by Crippen LogP contribution is -2.30. The van der Waals surface area contributed by atoms with Crippen LogP contribution in [0, 0.1) is 0 Å². The maximum absolute atomic E-state index is 12.8. The van der Waals surface area contributed by atoms with E-state index in [0.717, 1.165) is 96.3 Å². The molecular weight excluding hydrogens is 793 g/mol. The van der Waals surface area contributed by atoms with Gasteiger partial charge in [-0.05, 0) is 77.0 Å². The van der Waals surface area contributed by atoms with Crippen LogP contribution >= 0.6 is 0 Å². The number of esters is 3. The molecule has 0 saturated heterocycles. The molecule has 6 nitrogen and oxygen atoms in total. The van der Waals surface area contributed by atoms with Crippen LogP contribution in [-0.4, -0.2) is 37.2 Å². The second kappa shape index (κ2) is 53.0. The van der Waals surface area contributed by atoms with E-state index in [1.165, 1.54) is 148 Å². The summed E-state index contributed by atoms with van der Waals surface area (Å²) in [6, 6.07) is 0. The number of hydrogen-bond acceptors (Lipinski definition) is 6. The van der Waals surface area contributed by atoms with Crippen molar-refractivity contribution >= 4 is 17.9 Å². The van der Waals surface area contributed by atoms with E-state index in [2.05, 4.69) is 69.4 Å². The van der Waals surface area contributed by atoms with Gasteiger partial charge in [0.1, 0.15) is 13.2 Å². The number of ether oxygens (including phenoxy) is 3. The second-order valence-electron chi connectivity index (χ2n) is 18.5. The Morgan fingerprint density at radius 3 is 0.969 bits per heavy atom. The summed E-state index contributed by atoms with van der Waals surface area (Å²) in [5, 5.41) is 0. The van der Waals surface area contributed by atoms with Crippen molar-refractivity contribution in [2.75, 3.05) is 13.2 Å². The molecule has 0 amide bonds. The second-order valence-corrected chi connectivity index (χ2v) is 18.5. The van der Waals surface area contributed by atoms with Gasteiger partial charge in [-0.2, -0.15) is 0 Å². The van der Waals surface area contributed by atoms with Gasteiger partial charge in [-0.3, -0.25) is 14.4 Å². The molecule has 0 rings (SSSR count). The van der Waals surface area contributed by atoms with Crippen molar-refractivity contribution in [2.24, 2.45) is 0 Å². The molecule has 0 spiro atoms. The minimum atomic E-state index is -0.779. The van der Waals surface area contributed by atoms with Crippen molar-refractivity contribution < 1.29 is 28.6 Å². The Hall–Kier alpha value is -2.63. The molecular formula is C58H104O6. The smallest absolute Gasteiger partial charge is 0.306 e. The van der Waals surface area contributed by atoms with E-state index < -0.39 is 6.10 Å². The molecule has 0 aromatic carbocycles. The predicted octanol–water partition coefficient (Wildman–Crippen LogP) is 18.3. The average Bonchev–Trinajstić information content (AvgIpc) is 3.29. The molecule has 0 radical (unpaired) electrons. The third-order valence-electron chi connectivity index (χ3n) is 12.1. The van der Waals surface area contributed by atoms with Crippen LogP contribution in [0.1, 0.15) is 284 Å². The first-order valence-corrected chi connectivity index (χ1v) is 27.6. The minimum absolute atomic E-state index is 0.0785. The van der Waals surface area contributed by atoms with E-state index in [4.69, 9.17) is 14.2 Å². The maximum Gasteiger partial charge on any atom is 0.306 e. The van der Waals surface area contributed by atoms with Gasteiger partial charge in [-0.1, -0.05) is 236 Å². The van der Waals surface area contributed by atoms with Gasteiger partial charge in [-0.25, -0.2) is 0 Å². The monoisotopic (exact) mass is 897 g/mol. The molecule has 372 valence electrons. The summed E-state index contributed by atoms with van der Waals surface area (Å²) >= 11 is 0. The van der Waals surface area contributed by atoms with Crippen LogP contribution in [0.3, 0.4) is 0 Å². The van der Waals surface area contributed by atoms with E-state index >= 15 is 0 Å². The highest BCUT2D eigenvalue weighted by molar-refractivity contribution is 5.71. The Balaban J connectivity index is 4.29. The van der Waals surface area contributed by atoms with E-state index in [0.29, 0.717) is 19.3 Å². The van der Waals surface area contributed by atoms with Crippen molar-refractivity contribution in [1.29, 1.82) is 0 Å². The van der Waals surface area contributed by atoms with Crippen LogP contribution in [0.5, 0.6) is 0 Å². The lowest BCUT2D eigenvalue weighted by atomic mass is 10.1. The van der Waals surface area contributed by atoms with Crippen molar-refractivity contribution in [3.8, 4) is 0 Å². The standard InChI is InChI=1S/C58H104O6/c1-4-7-10-13-16-19-22-24-26-27-28-29-30-31-33-34-36-39-42-45-48-51-57(60)63-54-55(53-62-56(59)50-47-44-41-38-21-18-15-12-9-6-3)64-58(61)52-49-46-43-40-37-35-32-25-23-20-17-14-11-8-5-2/h8,11,17,20,25,27-28,32,55H,4-7,9-10,12-16,18-19,21-24,26,29-31,33-54H2,1-3H3/b11-8-,20-17-,28-27-,32-25-. The number of allylic oxidation sites excluding steroid dienone is 8. The molecule has 6 heteroatoms. The molecule has 1 atom stereocenters. The van der Waals surface area contributed by atoms with E-state index in [9.17, 15) is 14.4 Å². The number of hydrogen-bond donors (Lipinski definition) is 0. The van der Waals surface area contributed by atoms with Gasteiger partial charge in [-0.15, -0.1) is 0 Å². The lowest BCUT2D eigenvalue weighted by Gasteiger charge is -2.18. The van der Waals surface area contributed by atoms with E-state index in [1.807, 2.05) is 0 Å². The highest BCUT2D eigenvalue weighted by Gasteiger charge is 2.19. The van der Waals surface area contributed by atoms with Crippen LogP contribution in [0.2, 0.25) is 0 Å². The zero-order chi connectivity index (χ0) is 46.5. The third-order valence-corrected chi connectivity index (χ3v) is 12.1. The molecule has 0 aliphatic rings. The fraction of sp³-hybridized carbons (Fsp3) is 0.810. The normalized spacial score (nSPS) is 12.4. The van der Waals surface area contributed by atoms with E-state index in [1.54, 1.807) is 0 Å². The first-order valence-electron chi connectivity index (χ1n) is 27.6. The summed E-state index contributed by atoms with van der Waals surface area (Å²) < 4.78 is 16.8. The first kappa shape index (κ1) is 61.4. The molecule has 0 aliphatic carbocycles. The predicted molar refractivity (Wildman–Crippen MR) is 275 cm³/mol. The molecule has 0 bridgehead atoms. The number of carbonyl (C=O) groups is 3. The van der Waals surface area contributed by atoms with Crippen molar-refractivity contribution in [3.05, 3.63) is 48.6 Å². The van der Waals surface area contributed by atoms with Crippen LogP contribution < -0.4 is 0 Å². The molecule has 1 unspecified atom stereocenters. The van der Waals surface area contributed by atoms with Crippen molar-refractivity contribution in [1.82, 2.24) is 0 Å². The Morgan fingerprint density at radius 1 is 0.328 bits per heavy atom. The van der Waals surface area contributed by atoms with Gasteiger partial charge >= 0.3 is 17.9 Å². The van der Waals surface area contributed by atoms with Gasteiger partial charge in [0, 0.05) is 19.3 Å². The highest BCUT2D eigenvalue weighted by Crippen LogP contribution is 2.15. The summed E-state index contributed by atoms with van der Waals surface area (Å²) in [7, 11) is 0. The van der Waals surface area contributed by atoms with E-state index in [-0.39, 0.29) is 31.1 Å². The molecule has 0 aromatic heterocycles. The summed E-state index contributed by atoms with van der Waals surface area (Å²) in [4.78, 5) is 38.0. The zero-order valence-corrected chi connectivity index (χ0v) is 42.6. The molecule has 0 saturated carbocycles. The van der Waals surface area contributed by atoms with Gasteiger partial charge in [0.25, 0.3) is 0 Å². The number of rotatable bonds is 50. The van der Waals surface area contributed by atoms with Gasteiger partial charge in [0.15, 0.2) is 6.10 Å². The largest absolute Gasteiger partial charge is 0.462 e. The maximum atomic E-state index is 12.8. The summed E-state index contributed by atoms with van der Waals surface area (Å²) in [6.45, 7) is 6.52. The Kier molecular flexibility index (Phi) is 50.8. The molecule has 0 aliphatic heterocycles. The molecule has 0 aromatic rings. The van der Waals surface area contributed by atoms with Gasteiger partial charge in [0.2, 0.25) is 0 Å². The Bertz CT molecular complexity index is 1120. The van der Waals surface area contributed by atoms with Crippen molar-refractivity contribution in [3.63, 3.8) is 0 Å². The van der Waals surface area contributed by atoms with Crippen LogP contribution in [-0.2, 0) is 28.6 Å². The average molecular weight is 897 g/mol. The fourth-order valence-electron chi connectivity index (χ4n) is 7.92. The summed E-state index contributed by atoms with van der Waals surface area (Å²) in [5.74, 6) is -0.889. The van der Waals surface area contributed by atoms with Crippen molar-refractivity contribution in [2.45, 2.75) is 290 Å². The highest BCUT2D eigenvalue weighted by atomic mass is 16.6. The number of unbranched alkanes of at least 4 members (excludes halogenated alkanes) is 31. The quantitative estimate of drug-likeness (QED) is 0.0262. The Labute approximate surface area is 397 Å². The molecule has 64 heavy (non-hydrogen) atoms. The fourth-order valence-corrected chi connectivity index (χ4v) is 7.92. The Morgan fingerprint density at radius 2 is 0.609 bits per heavy atom.